The fourth-order valence-electron chi connectivity index (χ4n) is 13.8. The third-order valence-corrected chi connectivity index (χ3v) is 16.7. The van der Waals surface area contributed by atoms with Gasteiger partial charge in [-0.25, -0.2) is 0 Å². The van der Waals surface area contributed by atoms with Crippen molar-refractivity contribution in [2.24, 2.45) is 0 Å². The summed E-state index contributed by atoms with van der Waals surface area (Å²) >= 11 is 0. The number of rotatable bonds is 6. The topological polar surface area (TPSA) is 16.4 Å². The van der Waals surface area contributed by atoms with Crippen molar-refractivity contribution in [2.45, 2.75) is 10.8 Å². The summed E-state index contributed by atoms with van der Waals surface area (Å²) in [7, 11) is 0. The van der Waals surface area contributed by atoms with Crippen molar-refractivity contribution in [3.63, 3.8) is 0 Å². The average Bonchev–Trinajstić information content (AvgIpc) is 4.21. The van der Waals surface area contributed by atoms with Crippen LogP contribution in [0.15, 0.2) is 277 Å². The van der Waals surface area contributed by atoms with Crippen LogP contribution in [0.25, 0.3) is 77.2 Å². The quantitative estimate of drug-likeness (QED) is 0.165. The van der Waals surface area contributed by atoms with Crippen LogP contribution >= 0.6 is 0 Å². The number of benzene rings is 12. The highest BCUT2D eigenvalue weighted by Gasteiger charge is 2.53. The molecule has 3 aliphatic rings. The molecule has 1 spiro atoms. The van der Waals surface area contributed by atoms with Crippen LogP contribution in [0.3, 0.4) is 0 Å². The van der Waals surface area contributed by atoms with Crippen molar-refractivity contribution >= 4 is 49.8 Å². The molecule has 16 rings (SSSR count). The lowest BCUT2D eigenvalue weighted by atomic mass is 9.67. The van der Waals surface area contributed by atoms with Crippen molar-refractivity contribution in [3.8, 4) is 44.5 Å². The fraction of sp³-hybridized carbons (Fsp3) is 0.0278. The van der Waals surface area contributed by atoms with Crippen molar-refractivity contribution in [2.75, 3.05) is 4.90 Å². The van der Waals surface area contributed by atoms with Crippen LogP contribution in [0.1, 0.15) is 44.5 Å². The van der Waals surface area contributed by atoms with E-state index in [0.29, 0.717) is 0 Å². The van der Waals surface area contributed by atoms with E-state index < -0.39 is 10.8 Å². The molecule has 0 unspecified atom stereocenters. The van der Waals surface area contributed by atoms with Crippen LogP contribution in [-0.2, 0) is 10.8 Å². The molecule has 0 amide bonds. The highest BCUT2D eigenvalue weighted by atomic mass is 16.3. The van der Waals surface area contributed by atoms with Crippen LogP contribution in [0.5, 0.6) is 0 Å². The molecule has 0 fully saturated rings. The summed E-state index contributed by atoms with van der Waals surface area (Å²) in [6.45, 7) is 0. The lowest BCUT2D eigenvalue weighted by Crippen LogP contribution is -2.28. The van der Waals surface area contributed by atoms with Crippen LogP contribution in [0.2, 0.25) is 0 Å². The highest BCUT2D eigenvalue weighted by Crippen LogP contribution is 2.65. The molecule has 13 aromatic rings. The molecule has 3 aliphatic carbocycles. The zero-order chi connectivity index (χ0) is 48.5. The van der Waals surface area contributed by atoms with Crippen LogP contribution in [0.4, 0.5) is 17.1 Å². The summed E-state index contributed by atoms with van der Waals surface area (Å²) < 4.78 is 6.60. The number of hydrogen-bond acceptors (Lipinski definition) is 2. The van der Waals surface area contributed by atoms with Crippen molar-refractivity contribution in [1.29, 1.82) is 0 Å². The molecule has 0 saturated carbocycles. The van der Waals surface area contributed by atoms with Gasteiger partial charge >= 0.3 is 0 Å². The molecule has 2 nitrogen and oxygen atoms in total. The Morgan fingerprint density at radius 1 is 0.284 bits per heavy atom. The molecule has 0 atom stereocenters. The minimum absolute atomic E-state index is 0.507. The number of hydrogen-bond donors (Lipinski definition) is 0. The minimum atomic E-state index is -0.584. The van der Waals surface area contributed by atoms with E-state index >= 15 is 0 Å². The second kappa shape index (κ2) is 15.5. The van der Waals surface area contributed by atoms with E-state index in [9.17, 15) is 0 Å². The van der Waals surface area contributed by atoms with E-state index in [0.717, 1.165) is 50.1 Å². The molecule has 74 heavy (non-hydrogen) atoms. The Labute approximate surface area is 429 Å². The van der Waals surface area contributed by atoms with E-state index in [1.165, 1.54) is 88.7 Å². The maximum absolute atomic E-state index is 6.60. The summed E-state index contributed by atoms with van der Waals surface area (Å²) in [6, 6.07) is 102. The minimum Gasteiger partial charge on any atom is -0.456 e. The number of anilines is 3. The Balaban J connectivity index is 0.999. The molecule has 1 aromatic heterocycles. The second-order valence-corrected chi connectivity index (χ2v) is 20.2. The van der Waals surface area contributed by atoms with Gasteiger partial charge in [-0.1, -0.05) is 224 Å². The van der Waals surface area contributed by atoms with E-state index in [-0.39, 0.29) is 0 Å². The highest BCUT2D eigenvalue weighted by molar-refractivity contribution is 6.12. The lowest BCUT2D eigenvalue weighted by Gasteiger charge is -2.35. The lowest BCUT2D eigenvalue weighted by molar-refractivity contribution is 0.669. The molecule has 2 heteroatoms. The van der Waals surface area contributed by atoms with Crippen molar-refractivity contribution in [1.82, 2.24) is 0 Å². The molecule has 0 saturated heterocycles. The van der Waals surface area contributed by atoms with Crippen molar-refractivity contribution in [3.05, 3.63) is 317 Å². The molecular formula is C72H45NO. The molecule has 344 valence electrons. The largest absolute Gasteiger partial charge is 0.456 e. The van der Waals surface area contributed by atoms with Gasteiger partial charge in [0.25, 0.3) is 0 Å². The maximum Gasteiger partial charge on any atom is 0.136 e. The standard InChI is InChI=1S/C72H45NO/c1-3-22-49(23-4-1)71(50-24-5-2-6-25-50)60-31-14-9-29-55(60)56-40-39-51(45-65(56)71)73(66-36-18-13-26-52(66)48-38-41-68-58(43-48)59-42-46-20-7-8-21-47(46)44-69(59)74-68)67-37-19-35-64-70(67)57-30-12-17-34-63(57)72(64)61-32-15-10-27-53(61)54-28-11-16-33-62(54)72/h1-45H. The molecule has 0 N–H and O–H groups in total. The number of furan rings is 1. The third-order valence-electron chi connectivity index (χ3n) is 16.7. The summed E-state index contributed by atoms with van der Waals surface area (Å²) in [5.41, 5.74) is 24.1. The molecule has 0 aliphatic heterocycles. The molecular weight excluding hydrogens is 895 g/mol. The first kappa shape index (κ1) is 41.2. The van der Waals surface area contributed by atoms with Gasteiger partial charge in [0.1, 0.15) is 11.2 Å². The smallest absolute Gasteiger partial charge is 0.136 e. The summed E-state index contributed by atoms with van der Waals surface area (Å²) in [6.07, 6.45) is 0. The first-order valence-corrected chi connectivity index (χ1v) is 25.7. The molecule has 12 aromatic carbocycles. The Morgan fingerprint density at radius 2 is 0.770 bits per heavy atom. The first-order valence-electron chi connectivity index (χ1n) is 25.7. The van der Waals surface area contributed by atoms with E-state index in [2.05, 4.69) is 278 Å². The number of para-hydroxylation sites is 1. The summed E-state index contributed by atoms with van der Waals surface area (Å²) in [5, 5.41) is 4.59. The monoisotopic (exact) mass is 939 g/mol. The van der Waals surface area contributed by atoms with E-state index in [1.807, 2.05) is 0 Å². The van der Waals surface area contributed by atoms with Gasteiger partial charge in [0.15, 0.2) is 0 Å². The Hall–Kier alpha value is -9.50. The summed E-state index contributed by atoms with van der Waals surface area (Å²) in [4.78, 5) is 2.58. The maximum atomic E-state index is 6.60. The van der Waals surface area contributed by atoms with Gasteiger partial charge in [-0.05, 0) is 137 Å². The van der Waals surface area contributed by atoms with Crippen LogP contribution < -0.4 is 4.90 Å². The summed E-state index contributed by atoms with van der Waals surface area (Å²) in [5.74, 6) is 0. The van der Waals surface area contributed by atoms with Crippen molar-refractivity contribution < 1.29 is 4.42 Å². The zero-order valence-electron chi connectivity index (χ0n) is 40.3. The average molecular weight is 940 g/mol. The van der Waals surface area contributed by atoms with Gasteiger partial charge in [0.05, 0.1) is 22.2 Å². The van der Waals surface area contributed by atoms with Gasteiger partial charge in [-0.2, -0.15) is 0 Å². The normalized spacial score (nSPS) is 13.9. The van der Waals surface area contributed by atoms with Gasteiger partial charge in [-0.15, -0.1) is 0 Å². The fourth-order valence-corrected chi connectivity index (χ4v) is 13.8. The van der Waals surface area contributed by atoms with E-state index in [4.69, 9.17) is 4.42 Å². The van der Waals surface area contributed by atoms with E-state index in [1.54, 1.807) is 0 Å². The van der Waals surface area contributed by atoms with Gasteiger partial charge in [0.2, 0.25) is 0 Å². The molecule has 0 bridgehead atoms. The third kappa shape index (κ3) is 5.44. The number of nitrogens with zero attached hydrogens (tertiary/aromatic N) is 1. The SMILES string of the molecule is c1ccc(C2(c3ccccc3)c3ccccc3-c3ccc(N(c4ccccc4-c4ccc5oc6cc7ccccc7cc6c5c4)c4cccc5c4-c4ccccc4C54c5ccccc5-c5ccccc54)cc32)cc1. The Kier molecular flexibility index (Phi) is 8.62. The predicted octanol–water partition coefficient (Wildman–Crippen LogP) is 18.6. The molecule has 0 radical (unpaired) electrons. The van der Waals surface area contributed by atoms with Gasteiger partial charge in [0, 0.05) is 27.6 Å². The number of fused-ring (bicyclic) bond motifs is 17. The predicted molar refractivity (Wildman–Crippen MR) is 305 cm³/mol. The van der Waals surface area contributed by atoms with Gasteiger partial charge < -0.3 is 9.32 Å². The Bertz CT molecular complexity index is 4360. The van der Waals surface area contributed by atoms with Crippen LogP contribution in [-0.4, -0.2) is 0 Å². The first-order chi connectivity index (χ1) is 36.7. The Morgan fingerprint density at radius 3 is 1.43 bits per heavy atom. The van der Waals surface area contributed by atoms with Crippen LogP contribution in [0, 0.1) is 0 Å². The van der Waals surface area contributed by atoms with Gasteiger partial charge in [-0.3, -0.25) is 0 Å². The zero-order valence-corrected chi connectivity index (χ0v) is 40.3. The second-order valence-electron chi connectivity index (χ2n) is 20.2. The molecule has 1 heterocycles.